The summed E-state index contributed by atoms with van der Waals surface area (Å²) in [6.45, 7) is 0.0967. The maximum atomic E-state index is 12.4. The van der Waals surface area contributed by atoms with Gasteiger partial charge in [-0.25, -0.2) is 13.1 Å². The predicted octanol–water partition coefficient (Wildman–Crippen LogP) is 3.49. The minimum absolute atomic E-state index is 0.0541. The van der Waals surface area contributed by atoms with Crippen molar-refractivity contribution < 1.29 is 17.9 Å². The predicted molar refractivity (Wildman–Crippen MR) is 90.0 cm³/mol. The van der Waals surface area contributed by atoms with Crippen LogP contribution in [0.25, 0.3) is 0 Å². The lowest BCUT2D eigenvalue weighted by molar-refractivity contribution is 0.414. The van der Waals surface area contributed by atoms with Crippen molar-refractivity contribution in [2.45, 2.75) is 11.4 Å². The van der Waals surface area contributed by atoms with Gasteiger partial charge in [0.05, 0.1) is 19.2 Å². The fourth-order valence-electron chi connectivity index (χ4n) is 1.92. The Morgan fingerprint density at radius 1 is 1.04 bits per heavy atom. The molecular weight excluding hydrogens is 361 g/mol. The van der Waals surface area contributed by atoms with Gasteiger partial charge in [-0.1, -0.05) is 35.3 Å². The van der Waals surface area contributed by atoms with E-state index in [4.69, 9.17) is 32.7 Å². The summed E-state index contributed by atoms with van der Waals surface area (Å²) >= 11 is 12.0. The normalized spacial score (nSPS) is 11.3. The number of rotatable bonds is 6. The molecule has 5 nitrogen and oxygen atoms in total. The molecule has 0 amide bonds. The van der Waals surface area contributed by atoms with Gasteiger partial charge in [0.1, 0.15) is 21.4 Å². The second-order valence-corrected chi connectivity index (χ2v) is 7.06. The van der Waals surface area contributed by atoms with E-state index >= 15 is 0 Å². The molecule has 0 radical (unpaired) electrons. The molecule has 0 heterocycles. The highest BCUT2D eigenvalue weighted by molar-refractivity contribution is 7.89. The molecular formula is C15H15Cl2NO4S. The first kappa shape index (κ1) is 17.9. The number of hydrogen-bond acceptors (Lipinski definition) is 4. The molecule has 0 aliphatic rings. The number of benzene rings is 2. The van der Waals surface area contributed by atoms with Crippen LogP contribution in [-0.4, -0.2) is 22.6 Å². The second kappa shape index (κ2) is 7.40. The monoisotopic (exact) mass is 375 g/mol. The molecule has 8 heteroatoms. The number of ether oxygens (including phenoxy) is 2. The van der Waals surface area contributed by atoms with Crippen LogP contribution in [0.15, 0.2) is 41.3 Å². The summed E-state index contributed by atoms with van der Waals surface area (Å²) in [6.07, 6.45) is 0. The Labute approximate surface area is 145 Å². The minimum Gasteiger partial charge on any atom is -0.497 e. The summed E-state index contributed by atoms with van der Waals surface area (Å²) < 4.78 is 37.4. The first-order valence-electron chi connectivity index (χ1n) is 6.53. The van der Waals surface area contributed by atoms with E-state index in [1.165, 1.54) is 19.2 Å². The first-order chi connectivity index (χ1) is 10.9. The first-order valence-corrected chi connectivity index (χ1v) is 8.77. The Balaban J connectivity index is 2.24. The van der Waals surface area contributed by atoms with Crippen LogP contribution in [0.3, 0.4) is 0 Å². The number of sulfonamides is 1. The lowest BCUT2D eigenvalue weighted by atomic mass is 10.2. The lowest BCUT2D eigenvalue weighted by Gasteiger charge is -2.12. The van der Waals surface area contributed by atoms with E-state index in [9.17, 15) is 8.42 Å². The van der Waals surface area contributed by atoms with Crippen molar-refractivity contribution in [3.8, 4) is 11.5 Å². The van der Waals surface area contributed by atoms with Crippen molar-refractivity contribution in [1.29, 1.82) is 0 Å². The van der Waals surface area contributed by atoms with Gasteiger partial charge in [0, 0.05) is 6.54 Å². The zero-order chi connectivity index (χ0) is 17.0. The summed E-state index contributed by atoms with van der Waals surface area (Å²) in [4.78, 5) is -0.104. The fraction of sp³-hybridized carbons (Fsp3) is 0.200. The Bertz CT molecular complexity index is 809. The molecule has 0 saturated carbocycles. The summed E-state index contributed by atoms with van der Waals surface area (Å²) in [5.41, 5.74) is 0.753. The van der Waals surface area contributed by atoms with Gasteiger partial charge in [-0.3, -0.25) is 0 Å². The Hall–Kier alpha value is -1.47. The van der Waals surface area contributed by atoms with Crippen LogP contribution < -0.4 is 14.2 Å². The topological polar surface area (TPSA) is 64.6 Å². The van der Waals surface area contributed by atoms with Crippen LogP contribution in [0.5, 0.6) is 11.5 Å². The molecule has 0 unspecified atom stereocenters. The Morgan fingerprint density at radius 3 is 2.43 bits per heavy atom. The van der Waals surface area contributed by atoms with Gasteiger partial charge in [-0.05, 0) is 29.8 Å². The van der Waals surface area contributed by atoms with Gasteiger partial charge in [0.25, 0.3) is 0 Å². The van der Waals surface area contributed by atoms with Crippen LogP contribution in [0, 0.1) is 0 Å². The molecule has 0 saturated heterocycles. The summed E-state index contributed by atoms with van der Waals surface area (Å²) in [7, 11) is -0.852. The maximum Gasteiger partial charge on any atom is 0.242 e. The van der Waals surface area contributed by atoms with Crippen molar-refractivity contribution >= 4 is 33.2 Å². The standard InChI is InChI=1S/C15H15Cl2NO4S/c1-21-11-5-3-4-10(8-11)9-18-23(19,20)13-7-6-12(22-2)14(16)15(13)17/h3-8,18H,9H2,1-2H3. The van der Waals surface area contributed by atoms with E-state index < -0.39 is 10.0 Å². The average Bonchev–Trinajstić information content (AvgIpc) is 2.55. The second-order valence-electron chi connectivity index (χ2n) is 4.57. The van der Waals surface area contributed by atoms with Gasteiger partial charge < -0.3 is 9.47 Å². The molecule has 124 valence electrons. The summed E-state index contributed by atoms with van der Waals surface area (Å²) in [5, 5.41) is -0.0254. The molecule has 0 spiro atoms. The SMILES string of the molecule is COc1cccc(CNS(=O)(=O)c2ccc(OC)c(Cl)c2Cl)c1. The van der Waals surface area contributed by atoms with Gasteiger partial charge in [-0.15, -0.1) is 0 Å². The molecule has 0 aliphatic heterocycles. The third kappa shape index (κ3) is 4.09. The molecule has 0 atom stereocenters. The van der Waals surface area contributed by atoms with E-state index in [1.54, 1.807) is 31.4 Å². The highest BCUT2D eigenvalue weighted by Gasteiger charge is 2.21. The van der Waals surface area contributed by atoms with Crippen molar-refractivity contribution in [3.63, 3.8) is 0 Å². The van der Waals surface area contributed by atoms with E-state index in [1.807, 2.05) is 0 Å². The Morgan fingerprint density at radius 2 is 1.78 bits per heavy atom. The van der Waals surface area contributed by atoms with Gasteiger partial charge in [-0.2, -0.15) is 0 Å². The molecule has 0 fully saturated rings. The van der Waals surface area contributed by atoms with Gasteiger partial charge >= 0.3 is 0 Å². The van der Waals surface area contributed by atoms with Crippen molar-refractivity contribution in [2.24, 2.45) is 0 Å². The highest BCUT2D eigenvalue weighted by Crippen LogP contribution is 2.36. The highest BCUT2D eigenvalue weighted by atomic mass is 35.5. The number of halogens is 2. The van der Waals surface area contributed by atoms with Crippen molar-refractivity contribution in [1.82, 2.24) is 4.72 Å². The minimum atomic E-state index is -3.82. The zero-order valence-corrected chi connectivity index (χ0v) is 14.8. The smallest absolute Gasteiger partial charge is 0.242 e. The molecule has 2 rings (SSSR count). The van der Waals surface area contributed by atoms with E-state index in [0.29, 0.717) is 11.5 Å². The number of methoxy groups -OCH3 is 2. The molecule has 23 heavy (non-hydrogen) atoms. The molecule has 1 N–H and O–H groups in total. The van der Waals surface area contributed by atoms with Crippen LogP contribution >= 0.6 is 23.2 Å². The molecule has 0 aromatic heterocycles. The number of nitrogens with one attached hydrogen (secondary N) is 1. The lowest BCUT2D eigenvalue weighted by Crippen LogP contribution is -2.23. The third-order valence-corrected chi connectivity index (χ3v) is 5.54. The van der Waals surface area contributed by atoms with Crippen molar-refractivity contribution in [2.75, 3.05) is 14.2 Å². The molecule has 0 bridgehead atoms. The quantitative estimate of drug-likeness (QED) is 0.838. The average molecular weight is 376 g/mol. The van der Waals surface area contributed by atoms with Crippen LogP contribution in [-0.2, 0) is 16.6 Å². The Kier molecular flexibility index (Phi) is 5.75. The van der Waals surface area contributed by atoms with E-state index in [-0.39, 0.29) is 21.5 Å². The van der Waals surface area contributed by atoms with Crippen molar-refractivity contribution in [3.05, 3.63) is 52.0 Å². The molecule has 0 aliphatic carbocycles. The van der Waals surface area contributed by atoms with Gasteiger partial charge in [0.15, 0.2) is 0 Å². The molecule has 2 aromatic carbocycles. The van der Waals surface area contributed by atoms with Gasteiger partial charge in [0.2, 0.25) is 10.0 Å². The largest absolute Gasteiger partial charge is 0.497 e. The zero-order valence-electron chi connectivity index (χ0n) is 12.5. The van der Waals surface area contributed by atoms with E-state index in [2.05, 4.69) is 4.72 Å². The van der Waals surface area contributed by atoms with Crippen LogP contribution in [0.2, 0.25) is 10.0 Å². The fourth-order valence-corrected chi connectivity index (χ4v) is 3.77. The molecule has 2 aromatic rings. The van der Waals surface area contributed by atoms with E-state index in [0.717, 1.165) is 5.56 Å². The summed E-state index contributed by atoms with van der Waals surface area (Å²) in [5.74, 6) is 0.954. The van der Waals surface area contributed by atoms with Crippen LogP contribution in [0.1, 0.15) is 5.56 Å². The van der Waals surface area contributed by atoms with Crippen LogP contribution in [0.4, 0.5) is 0 Å². The summed E-state index contributed by atoms with van der Waals surface area (Å²) in [6, 6.07) is 9.88. The number of hydrogen-bond donors (Lipinski definition) is 1. The third-order valence-electron chi connectivity index (χ3n) is 3.12. The maximum absolute atomic E-state index is 12.4.